The van der Waals surface area contributed by atoms with Crippen LogP contribution in [0.1, 0.15) is 36.9 Å². The van der Waals surface area contributed by atoms with Crippen molar-refractivity contribution < 1.29 is 18.3 Å². The Bertz CT molecular complexity index is 760. The maximum atomic E-state index is 12.8. The second-order valence-corrected chi connectivity index (χ2v) is 7.12. The molecule has 3 nitrogen and oxygen atoms in total. The first-order chi connectivity index (χ1) is 11.9. The van der Waals surface area contributed by atoms with Crippen LogP contribution in [-0.4, -0.2) is 12.5 Å². The molecule has 6 heteroatoms. The van der Waals surface area contributed by atoms with Crippen LogP contribution < -0.4 is 10.1 Å². The normalized spacial score (nSPS) is 16.4. The van der Waals surface area contributed by atoms with Gasteiger partial charge in [-0.25, -0.2) is 0 Å². The van der Waals surface area contributed by atoms with E-state index in [1.807, 2.05) is 24.3 Å². The van der Waals surface area contributed by atoms with E-state index < -0.39 is 18.1 Å². The minimum Gasteiger partial charge on any atom is -0.434 e. The predicted octanol–water partition coefficient (Wildman–Crippen LogP) is 4.96. The van der Waals surface area contributed by atoms with Crippen molar-refractivity contribution in [2.24, 2.45) is 0 Å². The summed E-state index contributed by atoms with van der Waals surface area (Å²) in [4.78, 5) is 12.8. The molecule has 2 aromatic rings. The number of rotatable bonds is 6. The van der Waals surface area contributed by atoms with E-state index in [2.05, 4.69) is 26.0 Å². The van der Waals surface area contributed by atoms with E-state index in [4.69, 9.17) is 0 Å². The lowest BCUT2D eigenvalue weighted by molar-refractivity contribution is -0.124. The van der Waals surface area contributed by atoms with Gasteiger partial charge in [-0.15, -0.1) is 0 Å². The maximum Gasteiger partial charge on any atom is 0.387 e. The van der Waals surface area contributed by atoms with Gasteiger partial charge in [0, 0.05) is 10.0 Å². The number of ether oxygens (including phenoxy) is 1. The number of alkyl halides is 2. The number of carbonyl (C=O) groups excluding carboxylic acids is 1. The standard InChI is InChI=1S/C19H18BrF2NO2/c1-12(15-4-2-3-5-16(15)25-18(21)22)23-17(24)19(10-11-19)13-6-8-14(20)9-7-13/h2-9,12,18H,10-11H2,1H3,(H,23,24). The lowest BCUT2D eigenvalue weighted by Gasteiger charge is -2.22. The van der Waals surface area contributed by atoms with Gasteiger partial charge in [-0.3, -0.25) is 4.79 Å². The van der Waals surface area contributed by atoms with Gasteiger partial charge in [0.1, 0.15) is 5.75 Å². The van der Waals surface area contributed by atoms with E-state index in [-0.39, 0.29) is 11.7 Å². The zero-order chi connectivity index (χ0) is 18.0. The maximum absolute atomic E-state index is 12.8. The molecule has 0 saturated heterocycles. The molecule has 132 valence electrons. The summed E-state index contributed by atoms with van der Waals surface area (Å²) in [6.45, 7) is -1.13. The Kier molecular flexibility index (Phi) is 5.08. The van der Waals surface area contributed by atoms with Crippen molar-refractivity contribution in [3.8, 4) is 5.75 Å². The summed E-state index contributed by atoms with van der Waals surface area (Å²) in [5, 5.41) is 2.95. The van der Waals surface area contributed by atoms with Gasteiger partial charge >= 0.3 is 6.61 Å². The number of hydrogen-bond acceptors (Lipinski definition) is 2. The quantitative estimate of drug-likeness (QED) is 0.731. The SMILES string of the molecule is CC(NC(=O)C1(c2ccc(Br)cc2)CC1)c1ccccc1OC(F)F. The Morgan fingerprint density at radius 3 is 2.40 bits per heavy atom. The Hall–Kier alpha value is -1.95. The molecule has 1 aliphatic rings. The first kappa shape index (κ1) is 17.9. The third-order valence-electron chi connectivity index (χ3n) is 4.53. The summed E-state index contributed by atoms with van der Waals surface area (Å²) >= 11 is 3.39. The number of amides is 1. The van der Waals surface area contributed by atoms with Crippen LogP contribution in [0.2, 0.25) is 0 Å². The minimum absolute atomic E-state index is 0.0822. The molecule has 1 saturated carbocycles. The molecular formula is C19H18BrF2NO2. The molecule has 1 atom stereocenters. The van der Waals surface area contributed by atoms with Crippen LogP contribution in [0.4, 0.5) is 8.78 Å². The van der Waals surface area contributed by atoms with Crippen LogP contribution in [0.15, 0.2) is 53.0 Å². The Balaban J connectivity index is 1.76. The highest BCUT2D eigenvalue weighted by atomic mass is 79.9. The van der Waals surface area contributed by atoms with Crippen LogP contribution in [0.25, 0.3) is 0 Å². The molecule has 0 heterocycles. The van der Waals surface area contributed by atoms with Crippen molar-refractivity contribution in [3.63, 3.8) is 0 Å². The largest absolute Gasteiger partial charge is 0.434 e. The van der Waals surface area contributed by atoms with Crippen molar-refractivity contribution in [1.29, 1.82) is 0 Å². The van der Waals surface area contributed by atoms with Crippen LogP contribution >= 0.6 is 15.9 Å². The Labute approximate surface area is 153 Å². The molecule has 1 fully saturated rings. The molecule has 0 aliphatic heterocycles. The minimum atomic E-state index is -2.90. The summed E-state index contributed by atoms with van der Waals surface area (Å²) in [5.74, 6) is -0.00652. The van der Waals surface area contributed by atoms with Gasteiger partial charge < -0.3 is 10.1 Å². The van der Waals surface area contributed by atoms with E-state index in [9.17, 15) is 13.6 Å². The number of benzene rings is 2. The fraction of sp³-hybridized carbons (Fsp3) is 0.316. The fourth-order valence-electron chi connectivity index (χ4n) is 2.99. The molecule has 1 unspecified atom stereocenters. The number of halogens is 3. The molecule has 3 rings (SSSR count). The number of nitrogens with one attached hydrogen (secondary N) is 1. The molecular weight excluding hydrogens is 392 g/mol. The fourth-order valence-corrected chi connectivity index (χ4v) is 3.26. The van der Waals surface area contributed by atoms with E-state index in [0.29, 0.717) is 5.56 Å². The van der Waals surface area contributed by atoms with Crippen LogP contribution in [0, 0.1) is 0 Å². The Morgan fingerprint density at radius 2 is 1.80 bits per heavy atom. The third-order valence-corrected chi connectivity index (χ3v) is 5.06. The first-order valence-corrected chi connectivity index (χ1v) is 8.82. The van der Waals surface area contributed by atoms with Crippen molar-refractivity contribution >= 4 is 21.8 Å². The third kappa shape index (κ3) is 3.84. The van der Waals surface area contributed by atoms with E-state index in [0.717, 1.165) is 22.9 Å². The smallest absolute Gasteiger partial charge is 0.387 e. The average Bonchev–Trinajstić information content (AvgIpc) is 3.37. The molecule has 25 heavy (non-hydrogen) atoms. The predicted molar refractivity (Wildman–Crippen MR) is 94.7 cm³/mol. The van der Waals surface area contributed by atoms with Crippen LogP contribution in [0.3, 0.4) is 0 Å². The topological polar surface area (TPSA) is 38.3 Å². The molecule has 1 N–H and O–H groups in total. The highest BCUT2D eigenvalue weighted by Crippen LogP contribution is 2.49. The summed E-state index contributed by atoms with van der Waals surface area (Å²) < 4.78 is 30.6. The molecule has 0 radical (unpaired) electrons. The summed E-state index contributed by atoms with van der Waals surface area (Å²) in [7, 11) is 0. The van der Waals surface area contributed by atoms with Crippen molar-refractivity contribution in [3.05, 3.63) is 64.1 Å². The highest BCUT2D eigenvalue weighted by molar-refractivity contribution is 9.10. The van der Waals surface area contributed by atoms with Gasteiger partial charge in [-0.1, -0.05) is 46.3 Å². The number of para-hydroxylation sites is 1. The summed E-state index contributed by atoms with van der Waals surface area (Å²) in [6.07, 6.45) is 1.56. The van der Waals surface area contributed by atoms with Gasteiger partial charge in [0.15, 0.2) is 0 Å². The summed E-state index contributed by atoms with van der Waals surface area (Å²) in [6, 6.07) is 13.8. The molecule has 0 bridgehead atoms. The van der Waals surface area contributed by atoms with Crippen LogP contribution in [-0.2, 0) is 10.2 Å². The second-order valence-electron chi connectivity index (χ2n) is 6.20. The summed E-state index contributed by atoms with van der Waals surface area (Å²) in [5.41, 5.74) is 0.980. The lowest BCUT2D eigenvalue weighted by atomic mass is 9.94. The lowest BCUT2D eigenvalue weighted by Crippen LogP contribution is -2.36. The first-order valence-electron chi connectivity index (χ1n) is 8.03. The molecule has 0 aromatic heterocycles. The Morgan fingerprint density at radius 1 is 1.16 bits per heavy atom. The van der Waals surface area contributed by atoms with E-state index in [1.54, 1.807) is 25.1 Å². The number of carbonyl (C=O) groups is 1. The van der Waals surface area contributed by atoms with Gasteiger partial charge in [0.25, 0.3) is 0 Å². The van der Waals surface area contributed by atoms with Gasteiger partial charge in [-0.2, -0.15) is 8.78 Å². The zero-order valence-corrected chi connectivity index (χ0v) is 15.2. The highest BCUT2D eigenvalue weighted by Gasteiger charge is 2.51. The van der Waals surface area contributed by atoms with Crippen molar-refractivity contribution in [2.75, 3.05) is 0 Å². The molecule has 0 spiro atoms. The van der Waals surface area contributed by atoms with Crippen molar-refractivity contribution in [2.45, 2.75) is 37.8 Å². The molecule has 1 aliphatic carbocycles. The van der Waals surface area contributed by atoms with Gasteiger partial charge in [0.2, 0.25) is 5.91 Å². The zero-order valence-electron chi connectivity index (χ0n) is 13.6. The van der Waals surface area contributed by atoms with E-state index >= 15 is 0 Å². The molecule has 2 aromatic carbocycles. The van der Waals surface area contributed by atoms with Crippen LogP contribution in [0.5, 0.6) is 5.75 Å². The van der Waals surface area contributed by atoms with Gasteiger partial charge in [-0.05, 0) is 43.5 Å². The number of hydrogen-bond donors (Lipinski definition) is 1. The van der Waals surface area contributed by atoms with Crippen molar-refractivity contribution in [1.82, 2.24) is 5.32 Å². The average molecular weight is 410 g/mol. The second kappa shape index (κ2) is 7.12. The van der Waals surface area contributed by atoms with E-state index in [1.165, 1.54) is 6.07 Å². The molecule has 1 amide bonds. The monoisotopic (exact) mass is 409 g/mol. The van der Waals surface area contributed by atoms with Gasteiger partial charge in [0.05, 0.1) is 11.5 Å².